The number of benzene rings is 2. The number of aromatic nitrogens is 1. The molecule has 1 fully saturated rings. The average molecular weight is 488 g/mol. The van der Waals surface area contributed by atoms with Crippen molar-refractivity contribution in [2.24, 2.45) is 5.92 Å². The van der Waals surface area contributed by atoms with Gasteiger partial charge >= 0.3 is 6.18 Å². The zero-order valence-electron chi connectivity index (χ0n) is 19.7. The van der Waals surface area contributed by atoms with Crippen LogP contribution in [0.25, 0.3) is 0 Å². The molecule has 186 valence electrons. The molecule has 1 aromatic heterocycles. The molecule has 0 saturated carbocycles. The number of hydrogen-bond acceptors (Lipinski definition) is 2. The number of halogens is 4. The molecule has 1 saturated heterocycles. The van der Waals surface area contributed by atoms with Crippen LogP contribution < -0.4 is 0 Å². The molecule has 8 heteroatoms. The number of likely N-dealkylation sites (tertiary alicyclic amines) is 1. The van der Waals surface area contributed by atoms with Gasteiger partial charge in [-0.05, 0) is 67.8 Å². The van der Waals surface area contributed by atoms with Crippen LogP contribution in [0.5, 0.6) is 0 Å². The van der Waals surface area contributed by atoms with E-state index in [1.165, 1.54) is 36.4 Å². The van der Waals surface area contributed by atoms with Crippen molar-refractivity contribution in [1.82, 2.24) is 14.8 Å². The summed E-state index contributed by atoms with van der Waals surface area (Å²) in [7, 11) is 0. The van der Waals surface area contributed by atoms with Gasteiger partial charge in [-0.1, -0.05) is 18.2 Å². The third kappa shape index (κ3) is 5.93. The molecule has 2 unspecified atom stereocenters. The van der Waals surface area contributed by atoms with Gasteiger partial charge in [-0.2, -0.15) is 13.2 Å². The van der Waals surface area contributed by atoms with Gasteiger partial charge in [-0.3, -0.25) is 9.69 Å². The fourth-order valence-electron chi connectivity index (χ4n) is 4.84. The lowest BCUT2D eigenvalue weighted by Gasteiger charge is -2.32. The highest BCUT2D eigenvalue weighted by Gasteiger charge is 2.38. The van der Waals surface area contributed by atoms with Gasteiger partial charge in [-0.25, -0.2) is 4.39 Å². The van der Waals surface area contributed by atoms with Crippen LogP contribution in [-0.2, 0) is 12.7 Å². The first-order chi connectivity index (χ1) is 16.6. The van der Waals surface area contributed by atoms with Crippen molar-refractivity contribution in [2.75, 3.05) is 19.6 Å². The Morgan fingerprint density at radius 2 is 1.83 bits per heavy atom. The molecule has 2 atom stereocenters. The average Bonchev–Trinajstić information content (AvgIpc) is 3.47. The number of alkyl halides is 3. The van der Waals surface area contributed by atoms with Crippen LogP contribution in [0, 0.1) is 11.7 Å². The monoisotopic (exact) mass is 487 g/mol. The van der Waals surface area contributed by atoms with E-state index in [4.69, 9.17) is 0 Å². The predicted octanol–water partition coefficient (Wildman–Crippen LogP) is 5.94. The summed E-state index contributed by atoms with van der Waals surface area (Å²) < 4.78 is 53.7. The molecule has 1 aliphatic rings. The summed E-state index contributed by atoms with van der Waals surface area (Å²) in [6, 6.07) is 14.7. The van der Waals surface area contributed by atoms with E-state index in [2.05, 4.69) is 9.88 Å². The van der Waals surface area contributed by atoms with Crippen LogP contribution in [0.15, 0.2) is 66.9 Å². The van der Waals surface area contributed by atoms with Gasteiger partial charge in [0.2, 0.25) is 0 Å². The number of carbonyl (C=O) groups excluding carboxylic acids is 1. The molecule has 0 bridgehead atoms. The summed E-state index contributed by atoms with van der Waals surface area (Å²) in [6.45, 7) is 6.07. The van der Waals surface area contributed by atoms with Crippen molar-refractivity contribution in [3.8, 4) is 0 Å². The minimum Gasteiger partial charge on any atom is -0.364 e. The SMILES string of the molecule is CC(C)N(CC1CN(Cc2ccc[nH]2)CC1c1cccc(C(F)(F)F)c1)C(=O)c1ccc(F)cc1. The summed E-state index contributed by atoms with van der Waals surface area (Å²) in [5.74, 6) is -0.876. The van der Waals surface area contributed by atoms with Gasteiger partial charge in [0.15, 0.2) is 0 Å². The van der Waals surface area contributed by atoms with E-state index in [-0.39, 0.29) is 23.8 Å². The van der Waals surface area contributed by atoms with Crippen LogP contribution in [0.2, 0.25) is 0 Å². The van der Waals surface area contributed by atoms with E-state index in [0.29, 0.717) is 37.3 Å². The summed E-state index contributed by atoms with van der Waals surface area (Å²) in [6.07, 6.45) is -2.58. The molecule has 1 aliphatic heterocycles. The molecule has 35 heavy (non-hydrogen) atoms. The van der Waals surface area contributed by atoms with Crippen molar-refractivity contribution < 1.29 is 22.4 Å². The first-order valence-corrected chi connectivity index (χ1v) is 11.7. The second-order valence-corrected chi connectivity index (χ2v) is 9.44. The number of nitrogens with one attached hydrogen (secondary N) is 1. The van der Waals surface area contributed by atoms with Gasteiger partial charge in [0.1, 0.15) is 5.82 Å². The molecular formula is C27H29F4N3O. The Kier molecular flexibility index (Phi) is 7.31. The van der Waals surface area contributed by atoms with Crippen LogP contribution in [0.3, 0.4) is 0 Å². The van der Waals surface area contributed by atoms with Gasteiger partial charge in [0, 0.05) is 55.6 Å². The largest absolute Gasteiger partial charge is 0.416 e. The molecule has 4 nitrogen and oxygen atoms in total. The number of amides is 1. The third-order valence-corrected chi connectivity index (χ3v) is 6.62. The Morgan fingerprint density at radius 1 is 1.09 bits per heavy atom. The lowest BCUT2D eigenvalue weighted by Crippen LogP contribution is -2.42. The fourth-order valence-corrected chi connectivity index (χ4v) is 4.84. The van der Waals surface area contributed by atoms with Crippen LogP contribution in [0.4, 0.5) is 17.6 Å². The molecule has 4 rings (SSSR count). The normalized spacial score (nSPS) is 18.8. The number of hydrogen-bond donors (Lipinski definition) is 1. The Hall–Kier alpha value is -3.13. The van der Waals surface area contributed by atoms with Crippen molar-refractivity contribution in [3.05, 3.63) is 95.1 Å². The number of H-pyrrole nitrogens is 1. The molecule has 0 spiro atoms. The van der Waals surface area contributed by atoms with Gasteiger partial charge in [0.25, 0.3) is 5.91 Å². The molecule has 0 radical (unpaired) electrons. The minimum absolute atomic E-state index is 0.0692. The number of aromatic amines is 1. The molecule has 3 aromatic rings. The van der Waals surface area contributed by atoms with E-state index < -0.39 is 17.6 Å². The van der Waals surface area contributed by atoms with Crippen molar-refractivity contribution in [1.29, 1.82) is 0 Å². The third-order valence-electron chi connectivity index (χ3n) is 6.62. The van der Waals surface area contributed by atoms with Crippen LogP contribution in [-0.4, -0.2) is 46.4 Å². The van der Waals surface area contributed by atoms with E-state index in [1.807, 2.05) is 32.2 Å². The predicted molar refractivity (Wildman–Crippen MR) is 126 cm³/mol. The maximum absolute atomic E-state index is 13.4. The van der Waals surface area contributed by atoms with Crippen molar-refractivity contribution in [2.45, 2.75) is 38.5 Å². The van der Waals surface area contributed by atoms with E-state index >= 15 is 0 Å². The van der Waals surface area contributed by atoms with Gasteiger partial charge in [-0.15, -0.1) is 0 Å². The Morgan fingerprint density at radius 3 is 2.46 bits per heavy atom. The van der Waals surface area contributed by atoms with E-state index in [9.17, 15) is 22.4 Å². The summed E-state index contributed by atoms with van der Waals surface area (Å²) in [5, 5.41) is 0. The molecule has 0 aliphatic carbocycles. The highest BCUT2D eigenvalue weighted by atomic mass is 19.4. The van der Waals surface area contributed by atoms with Crippen LogP contribution >= 0.6 is 0 Å². The van der Waals surface area contributed by atoms with Crippen LogP contribution in [0.1, 0.15) is 46.9 Å². The first kappa shape index (κ1) is 25.0. The minimum atomic E-state index is -4.42. The zero-order chi connectivity index (χ0) is 25.2. The summed E-state index contributed by atoms with van der Waals surface area (Å²) >= 11 is 0. The molecule has 2 aromatic carbocycles. The fraction of sp³-hybridized carbons (Fsp3) is 0.370. The molecule has 1 N–H and O–H groups in total. The topological polar surface area (TPSA) is 39.3 Å². The highest BCUT2D eigenvalue weighted by Crippen LogP contribution is 2.37. The Labute approximate surface area is 202 Å². The molecular weight excluding hydrogens is 458 g/mol. The Bertz CT molecular complexity index is 1130. The smallest absolute Gasteiger partial charge is 0.364 e. The molecule has 1 amide bonds. The van der Waals surface area contributed by atoms with Gasteiger partial charge < -0.3 is 9.88 Å². The summed E-state index contributed by atoms with van der Waals surface area (Å²) in [5.41, 5.74) is 1.37. The van der Waals surface area contributed by atoms with Gasteiger partial charge in [0.05, 0.1) is 5.56 Å². The van der Waals surface area contributed by atoms with Crippen molar-refractivity contribution >= 4 is 5.91 Å². The lowest BCUT2D eigenvalue weighted by molar-refractivity contribution is -0.137. The number of carbonyl (C=O) groups is 1. The second-order valence-electron chi connectivity index (χ2n) is 9.44. The molecule has 2 heterocycles. The van der Waals surface area contributed by atoms with E-state index in [1.54, 1.807) is 11.0 Å². The first-order valence-electron chi connectivity index (χ1n) is 11.7. The van der Waals surface area contributed by atoms with E-state index in [0.717, 1.165) is 11.8 Å². The second kappa shape index (κ2) is 10.2. The number of nitrogens with zero attached hydrogens (tertiary/aromatic N) is 2. The van der Waals surface area contributed by atoms with Crippen molar-refractivity contribution in [3.63, 3.8) is 0 Å². The standard InChI is InChI=1S/C27H29F4N3O/c1-18(2)34(26(35)19-8-10-23(28)11-9-19)15-21-14-33(16-24-7-4-12-32-24)17-25(21)20-5-3-6-22(13-20)27(29,30)31/h3-13,18,21,25,32H,14-17H2,1-2H3. The number of rotatable bonds is 7. The Balaban J connectivity index is 1.61. The zero-order valence-corrected chi connectivity index (χ0v) is 19.7. The maximum Gasteiger partial charge on any atom is 0.416 e. The maximum atomic E-state index is 13.4. The summed E-state index contributed by atoms with van der Waals surface area (Å²) in [4.78, 5) is 20.4. The highest BCUT2D eigenvalue weighted by molar-refractivity contribution is 5.94. The quantitative estimate of drug-likeness (QED) is 0.419. The lowest BCUT2D eigenvalue weighted by atomic mass is 9.87.